The first-order chi connectivity index (χ1) is 29.3. The molecule has 0 saturated carbocycles. The Morgan fingerprint density at radius 2 is 0.541 bits per heavy atom. The molecule has 4 rings (SSSR count). The van der Waals surface area contributed by atoms with Gasteiger partial charge in [0, 0.05) is 28.4 Å². The Hall–Kier alpha value is -6.20. The number of methoxy groups -OCH3 is 4. The summed E-state index contributed by atoms with van der Waals surface area (Å²) in [5.74, 6) is -1.94. The quantitative estimate of drug-likeness (QED) is 0.0414. The molecule has 4 atom stereocenters. The van der Waals surface area contributed by atoms with E-state index in [0.717, 1.165) is 0 Å². The fourth-order valence-electron chi connectivity index (χ4n) is 5.42. The summed E-state index contributed by atoms with van der Waals surface area (Å²) in [6.07, 6.45) is -4.51. The molecule has 4 unspecified atom stereocenters. The maximum absolute atomic E-state index is 12.8. The summed E-state index contributed by atoms with van der Waals surface area (Å²) in [5, 5.41) is 0. The molecule has 0 radical (unpaired) electrons. The first-order valence-electron chi connectivity index (χ1n) is 19.2. The van der Waals surface area contributed by atoms with Gasteiger partial charge in [-0.05, 0) is 125 Å². The van der Waals surface area contributed by atoms with Crippen LogP contribution in [0.2, 0.25) is 0 Å². The molecule has 16 heteroatoms. The molecule has 0 heterocycles. The molecule has 0 aliphatic carbocycles. The molecule has 4 aromatic carbocycles. The van der Waals surface area contributed by atoms with Crippen LogP contribution in [0.5, 0.6) is 23.0 Å². The average Bonchev–Trinajstić information content (AvgIpc) is 3.22. The van der Waals surface area contributed by atoms with Crippen molar-refractivity contribution in [1.29, 1.82) is 0 Å². The summed E-state index contributed by atoms with van der Waals surface area (Å²) < 4.78 is 67.6. The van der Waals surface area contributed by atoms with Crippen molar-refractivity contribution in [3.8, 4) is 23.0 Å². The minimum atomic E-state index is -2.52. The Bertz CT molecular complexity index is 1690. The molecule has 328 valence electrons. The lowest BCUT2D eigenvalue weighted by atomic mass is 10.2. The molecular formula is C45H52O16. The van der Waals surface area contributed by atoms with Crippen LogP contribution in [0.25, 0.3) is 0 Å². The second-order valence-electron chi connectivity index (χ2n) is 13.7. The van der Waals surface area contributed by atoms with E-state index >= 15 is 0 Å². The van der Waals surface area contributed by atoms with Crippen molar-refractivity contribution in [2.24, 2.45) is 0 Å². The second-order valence-corrected chi connectivity index (χ2v) is 13.7. The molecule has 0 saturated heterocycles. The molecule has 0 bridgehead atoms. The van der Waals surface area contributed by atoms with E-state index < -0.39 is 54.5 Å². The zero-order valence-electron chi connectivity index (χ0n) is 35.4. The largest absolute Gasteiger partial charge is 0.611 e. The van der Waals surface area contributed by atoms with E-state index in [2.05, 4.69) is 0 Å². The van der Waals surface area contributed by atoms with Crippen molar-refractivity contribution >= 4 is 23.9 Å². The molecule has 61 heavy (non-hydrogen) atoms. The van der Waals surface area contributed by atoms with Gasteiger partial charge in [0.1, 0.15) is 47.4 Å². The molecule has 16 nitrogen and oxygen atoms in total. The summed E-state index contributed by atoms with van der Waals surface area (Å²) in [4.78, 5) is 51.4. The molecule has 0 amide bonds. The number of carbonyl (C=O) groups is 4. The Balaban J connectivity index is 1.75. The lowest BCUT2D eigenvalue weighted by molar-refractivity contribution is -0.367. The van der Waals surface area contributed by atoms with Gasteiger partial charge in [0.2, 0.25) is 0 Å². The molecule has 0 aliphatic rings. The Kier molecular flexibility index (Phi) is 18.3. The van der Waals surface area contributed by atoms with E-state index in [1.54, 1.807) is 27.7 Å². The van der Waals surface area contributed by atoms with Crippen LogP contribution in [-0.4, -0.2) is 109 Å². The maximum atomic E-state index is 12.8. The van der Waals surface area contributed by atoms with Crippen LogP contribution in [0.1, 0.15) is 69.1 Å². The summed E-state index contributed by atoms with van der Waals surface area (Å²) in [6.45, 7) is 7.64. The van der Waals surface area contributed by atoms with Gasteiger partial charge in [-0.25, -0.2) is 19.2 Å². The normalized spacial score (nSPS) is 13.9. The predicted octanol–water partition coefficient (Wildman–Crippen LogP) is 6.68. The van der Waals surface area contributed by atoms with Crippen LogP contribution in [0.4, 0.5) is 0 Å². The van der Waals surface area contributed by atoms with E-state index in [9.17, 15) is 19.2 Å². The van der Waals surface area contributed by atoms with Gasteiger partial charge in [0.15, 0.2) is 0 Å². The molecule has 0 aliphatic heterocycles. The van der Waals surface area contributed by atoms with Crippen LogP contribution < -0.4 is 18.9 Å². The zero-order chi connectivity index (χ0) is 44.4. The standard InChI is InChI=1S/C45H52O16/c1-29(25-50-5)54-41(46)33-9-17-37(18-10-33)58-45(59-38-19-11-34(12-20-38)42(47)55-30(2)26-51-6,60-39-21-13-35(14-22-39)43(48)56-31(3)27-52-7)61-40-23-15-36(16-24-40)44(49)57-32(4)28-53-8/h9-24,29-32H,25-28H2,1-8H3. The van der Waals surface area contributed by atoms with Crippen molar-refractivity contribution in [2.75, 3.05) is 54.9 Å². The van der Waals surface area contributed by atoms with Crippen LogP contribution >= 0.6 is 0 Å². The van der Waals surface area contributed by atoms with Crippen molar-refractivity contribution in [2.45, 2.75) is 58.3 Å². The number of esters is 4. The highest BCUT2D eigenvalue weighted by atomic mass is 17.0. The monoisotopic (exact) mass is 848 g/mol. The number of ether oxygens (including phenoxy) is 12. The third-order valence-electron chi connectivity index (χ3n) is 8.17. The SMILES string of the molecule is COCC(C)OC(=O)c1ccc(OC(Oc2ccc(C(=O)OC(C)COC)cc2)(Oc2ccc(C(=O)OC(C)COC)cc2)Oc2ccc(C(=O)OC(C)COC)cc2)cc1. The van der Waals surface area contributed by atoms with Crippen molar-refractivity contribution in [1.82, 2.24) is 0 Å². The van der Waals surface area contributed by atoms with Gasteiger partial charge in [-0.1, -0.05) is 0 Å². The topological polar surface area (TPSA) is 179 Å². The summed E-state index contributed by atoms with van der Waals surface area (Å²) in [7, 11) is 6.01. The van der Waals surface area contributed by atoms with Gasteiger partial charge in [-0.15, -0.1) is 0 Å². The Morgan fingerprint density at radius 3 is 0.705 bits per heavy atom. The summed E-state index contributed by atoms with van der Waals surface area (Å²) >= 11 is 0. The summed E-state index contributed by atoms with van der Waals surface area (Å²) in [6, 6.07) is 23.6. The van der Waals surface area contributed by atoms with Gasteiger partial charge in [-0.3, -0.25) is 0 Å². The molecule has 0 fully saturated rings. The van der Waals surface area contributed by atoms with E-state index in [4.69, 9.17) is 56.8 Å². The number of benzene rings is 4. The molecule has 0 aromatic heterocycles. The predicted molar refractivity (Wildman–Crippen MR) is 218 cm³/mol. The highest BCUT2D eigenvalue weighted by Crippen LogP contribution is 2.31. The number of hydrogen-bond donors (Lipinski definition) is 0. The van der Waals surface area contributed by atoms with Gasteiger partial charge in [-0.2, -0.15) is 0 Å². The van der Waals surface area contributed by atoms with E-state index in [-0.39, 0.29) is 71.7 Å². The van der Waals surface area contributed by atoms with Gasteiger partial charge >= 0.3 is 30.0 Å². The second kappa shape index (κ2) is 23.6. The smallest absolute Gasteiger partial charge is 0.457 e. The molecule has 0 spiro atoms. The van der Waals surface area contributed by atoms with Crippen LogP contribution in [0.15, 0.2) is 97.1 Å². The lowest BCUT2D eigenvalue weighted by Crippen LogP contribution is -2.53. The number of carbonyl (C=O) groups excluding carboxylic acids is 4. The maximum Gasteiger partial charge on any atom is 0.611 e. The third kappa shape index (κ3) is 15.1. The third-order valence-corrected chi connectivity index (χ3v) is 8.17. The zero-order valence-corrected chi connectivity index (χ0v) is 35.4. The van der Waals surface area contributed by atoms with Gasteiger partial charge in [0.25, 0.3) is 0 Å². The van der Waals surface area contributed by atoms with Crippen LogP contribution in [0, 0.1) is 0 Å². The first-order valence-corrected chi connectivity index (χ1v) is 19.2. The average molecular weight is 849 g/mol. The minimum Gasteiger partial charge on any atom is -0.457 e. The van der Waals surface area contributed by atoms with Gasteiger partial charge < -0.3 is 56.8 Å². The molecular weight excluding hydrogens is 796 g/mol. The fourth-order valence-corrected chi connectivity index (χ4v) is 5.42. The van der Waals surface area contributed by atoms with Crippen LogP contribution in [0.3, 0.4) is 0 Å². The van der Waals surface area contributed by atoms with Crippen molar-refractivity contribution in [3.05, 3.63) is 119 Å². The Labute approximate surface area is 354 Å². The number of hydrogen-bond acceptors (Lipinski definition) is 16. The Morgan fingerprint density at radius 1 is 0.361 bits per heavy atom. The van der Waals surface area contributed by atoms with E-state index in [1.165, 1.54) is 126 Å². The summed E-state index contributed by atoms with van der Waals surface area (Å²) in [5.41, 5.74) is 0.872. The number of rotatable bonds is 24. The fraction of sp³-hybridized carbons (Fsp3) is 0.378. The van der Waals surface area contributed by atoms with Gasteiger partial charge in [0.05, 0.1) is 48.7 Å². The van der Waals surface area contributed by atoms with E-state index in [0.29, 0.717) is 0 Å². The van der Waals surface area contributed by atoms with Crippen LogP contribution in [-0.2, 0) is 37.9 Å². The first kappa shape index (κ1) is 47.5. The van der Waals surface area contributed by atoms with Crippen molar-refractivity contribution in [3.63, 3.8) is 0 Å². The van der Waals surface area contributed by atoms with E-state index in [1.807, 2.05) is 0 Å². The molecule has 4 aromatic rings. The highest BCUT2D eigenvalue weighted by molar-refractivity contribution is 5.91. The molecule has 0 N–H and O–H groups in total. The highest BCUT2D eigenvalue weighted by Gasteiger charge is 2.44. The minimum absolute atomic E-state index is 0.105. The lowest BCUT2D eigenvalue weighted by Gasteiger charge is -2.32. The van der Waals surface area contributed by atoms with Crippen molar-refractivity contribution < 1.29 is 76.0 Å².